The molecule has 2 heterocycles. The number of carbonyl (C=O) groups is 2. The predicted molar refractivity (Wildman–Crippen MR) is 74.3 cm³/mol. The van der Waals surface area contributed by atoms with E-state index in [1.807, 2.05) is 0 Å². The van der Waals surface area contributed by atoms with Crippen molar-refractivity contribution in [3.63, 3.8) is 0 Å². The van der Waals surface area contributed by atoms with Crippen LogP contribution in [0.5, 0.6) is 0 Å². The Morgan fingerprint density at radius 2 is 2.37 bits per heavy atom. The van der Waals surface area contributed by atoms with Gasteiger partial charge in [-0.15, -0.1) is 0 Å². The summed E-state index contributed by atoms with van der Waals surface area (Å²) in [5.74, 6) is 0.938. The first-order chi connectivity index (χ1) is 9.19. The number of rotatable bonds is 6. The molecule has 2 N–H and O–H groups in total. The van der Waals surface area contributed by atoms with Crippen molar-refractivity contribution in [2.45, 2.75) is 13.0 Å². The maximum atomic E-state index is 11.4. The predicted octanol–water partition coefficient (Wildman–Crippen LogP) is 0.167. The topological polar surface area (TPSA) is 79.3 Å². The SMILES string of the molecule is O=C(CCS)Nc1ccn(CCN2CCNC2=O)n1. The van der Waals surface area contributed by atoms with E-state index in [0.717, 1.165) is 6.54 Å². The molecular weight excluding hydrogens is 266 g/mol. The quantitative estimate of drug-likeness (QED) is 0.651. The number of carbonyl (C=O) groups excluding carboxylic acids is 2. The highest BCUT2D eigenvalue weighted by atomic mass is 32.1. The Kier molecular flexibility index (Phi) is 4.67. The largest absolute Gasteiger partial charge is 0.336 e. The normalized spacial score (nSPS) is 14.6. The van der Waals surface area contributed by atoms with Crippen molar-refractivity contribution in [2.24, 2.45) is 0 Å². The van der Waals surface area contributed by atoms with Gasteiger partial charge in [-0.1, -0.05) is 0 Å². The van der Waals surface area contributed by atoms with E-state index >= 15 is 0 Å². The first-order valence-corrected chi connectivity index (χ1v) is 6.79. The number of hydrogen-bond acceptors (Lipinski definition) is 4. The van der Waals surface area contributed by atoms with Gasteiger partial charge in [0.1, 0.15) is 0 Å². The fourth-order valence-corrected chi connectivity index (χ4v) is 2.01. The van der Waals surface area contributed by atoms with Crippen molar-refractivity contribution in [2.75, 3.05) is 30.7 Å². The Hall–Kier alpha value is -1.70. The summed E-state index contributed by atoms with van der Waals surface area (Å²) in [7, 11) is 0. The van der Waals surface area contributed by atoms with Crippen LogP contribution in [0.2, 0.25) is 0 Å². The van der Waals surface area contributed by atoms with Crippen LogP contribution in [0.3, 0.4) is 0 Å². The highest BCUT2D eigenvalue weighted by Gasteiger charge is 2.18. The zero-order valence-electron chi connectivity index (χ0n) is 10.5. The van der Waals surface area contributed by atoms with Gasteiger partial charge in [0.05, 0.1) is 6.54 Å². The third-order valence-corrected chi connectivity index (χ3v) is 3.01. The molecule has 1 fully saturated rings. The summed E-state index contributed by atoms with van der Waals surface area (Å²) in [6, 6.07) is 1.70. The van der Waals surface area contributed by atoms with Gasteiger partial charge in [-0.2, -0.15) is 17.7 Å². The summed E-state index contributed by atoms with van der Waals surface area (Å²) in [5, 5.41) is 9.65. The van der Waals surface area contributed by atoms with E-state index in [9.17, 15) is 9.59 Å². The molecule has 0 atom stereocenters. The van der Waals surface area contributed by atoms with Crippen LogP contribution in [0.15, 0.2) is 12.3 Å². The molecule has 1 aliphatic heterocycles. The van der Waals surface area contributed by atoms with E-state index in [2.05, 4.69) is 28.4 Å². The Labute approximate surface area is 116 Å². The lowest BCUT2D eigenvalue weighted by Gasteiger charge is -2.13. The van der Waals surface area contributed by atoms with Crippen LogP contribution in [-0.2, 0) is 11.3 Å². The van der Waals surface area contributed by atoms with Gasteiger partial charge in [-0.25, -0.2) is 4.79 Å². The molecule has 7 nitrogen and oxygen atoms in total. The summed E-state index contributed by atoms with van der Waals surface area (Å²) in [6.07, 6.45) is 2.15. The van der Waals surface area contributed by atoms with Gasteiger partial charge < -0.3 is 15.5 Å². The van der Waals surface area contributed by atoms with Crippen molar-refractivity contribution in [1.29, 1.82) is 0 Å². The van der Waals surface area contributed by atoms with Gasteiger partial charge in [0, 0.05) is 38.3 Å². The zero-order chi connectivity index (χ0) is 13.7. The number of aromatic nitrogens is 2. The van der Waals surface area contributed by atoms with Crippen molar-refractivity contribution in [3.8, 4) is 0 Å². The molecule has 1 aromatic rings. The number of nitrogens with zero attached hydrogens (tertiary/aromatic N) is 3. The number of hydrogen-bond donors (Lipinski definition) is 3. The molecule has 1 saturated heterocycles. The minimum Gasteiger partial charge on any atom is -0.336 e. The van der Waals surface area contributed by atoms with Crippen LogP contribution in [0.1, 0.15) is 6.42 Å². The van der Waals surface area contributed by atoms with Crippen molar-refractivity contribution in [3.05, 3.63) is 12.3 Å². The van der Waals surface area contributed by atoms with Gasteiger partial charge in [0.15, 0.2) is 5.82 Å². The number of nitrogens with one attached hydrogen (secondary N) is 2. The minimum atomic E-state index is -0.0980. The van der Waals surface area contributed by atoms with Crippen molar-refractivity contribution >= 4 is 30.4 Å². The van der Waals surface area contributed by atoms with E-state index in [-0.39, 0.29) is 11.9 Å². The van der Waals surface area contributed by atoms with Gasteiger partial charge in [-0.3, -0.25) is 9.48 Å². The standard InChI is InChI=1S/C11H17N5O2S/c17-10(2-8-19)13-9-1-4-16(14-9)7-6-15-5-3-12-11(15)18/h1,4,19H,2-3,5-8H2,(H,12,18)(H,13,14,17). The van der Waals surface area contributed by atoms with Gasteiger partial charge >= 0.3 is 6.03 Å². The second-order valence-corrected chi connectivity index (χ2v) is 4.65. The van der Waals surface area contributed by atoms with Gasteiger partial charge in [-0.05, 0) is 5.75 Å². The molecule has 3 amide bonds. The monoisotopic (exact) mass is 283 g/mol. The molecule has 0 spiro atoms. The second kappa shape index (κ2) is 6.46. The Morgan fingerprint density at radius 3 is 3.05 bits per heavy atom. The van der Waals surface area contributed by atoms with Crippen molar-refractivity contribution < 1.29 is 9.59 Å². The molecule has 2 rings (SSSR count). The molecule has 104 valence electrons. The molecule has 0 aromatic carbocycles. The molecule has 0 saturated carbocycles. The molecular formula is C11H17N5O2S. The lowest BCUT2D eigenvalue weighted by atomic mass is 10.4. The van der Waals surface area contributed by atoms with E-state index < -0.39 is 0 Å². The second-order valence-electron chi connectivity index (χ2n) is 4.20. The number of thiol groups is 1. The minimum absolute atomic E-state index is 0.0329. The maximum absolute atomic E-state index is 11.4. The number of urea groups is 1. The third-order valence-electron chi connectivity index (χ3n) is 2.79. The van der Waals surface area contributed by atoms with Crippen LogP contribution in [0.4, 0.5) is 10.6 Å². The third kappa shape index (κ3) is 3.88. The van der Waals surface area contributed by atoms with E-state index in [0.29, 0.717) is 37.6 Å². The molecule has 8 heteroatoms. The van der Waals surface area contributed by atoms with E-state index in [1.165, 1.54) is 0 Å². The first-order valence-electron chi connectivity index (χ1n) is 6.16. The van der Waals surface area contributed by atoms with Crippen LogP contribution < -0.4 is 10.6 Å². The fourth-order valence-electron chi connectivity index (χ4n) is 1.81. The fraction of sp³-hybridized carbons (Fsp3) is 0.545. The zero-order valence-corrected chi connectivity index (χ0v) is 11.4. The first kappa shape index (κ1) is 13.7. The Balaban J connectivity index is 1.80. The highest BCUT2D eigenvalue weighted by molar-refractivity contribution is 7.80. The summed E-state index contributed by atoms with van der Waals surface area (Å²) < 4.78 is 1.71. The van der Waals surface area contributed by atoms with E-state index in [4.69, 9.17) is 0 Å². The average Bonchev–Trinajstić information content (AvgIpc) is 2.96. The van der Waals surface area contributed by atoms with Gasteiger partial charge in [0.2, 0.25) is 5.91 Å². The summed E-state index contributed by atoms with van der Waals surface area (Å²) in [5.41, 5.74) is 0. The number of amides is 3. The lowest BCUT2D eigenvalue weighted by molar-refractivity contribution is -0.115. The van der Waals surface area contributed by atoms with Crippen LogP contribution in [0, 0.1) is 0 Å². The Morgan fingerprint density at radius 1 is 1.53 bits per heavy atom. The molecule has 19 heavy (non-hydrogen) atoms. The molecule has 1 aliphatic rings. The number of anilines is 1. The Bertz CT molecular complexity index is 462. The highest BCUT2D eigenvalue weighted by Crippen LogP contribution is 2.04. The lowest BCUT2D eigenvalue weighted by Crippen LogP contribution is -2.31. The molecule has 0 bridgehead atoms. The van der Waals surface area contributed by atoms with Crippen LogP contribution in [-0.4, -0.2) is 52.0 Å². The molecule has 0 aliphatic carbocycles. The maximum Gasteiger partial charge on any atom is 0.317 e. The van der Waals surface area contributed by atoms with Crippen LogP contribution >= 0.6 is 12.6 Å². The smallest absolute Gasteiger partial charge is 0.317 e. The van der Waals surface area contributed by atoms with Crippen LogP contribution in [0.25, 0.3) is 0 Å². The summed E-state index contributed by atoms with van der Waals surface area (Å²) in [4.78, 5) is 24.4. The van der Waals surface area contributed by atoms with E-state index in [1.54, 1.807) is 21.8 Å². The molecule has 0 unspecified atom stereocenters. The van der Waals surface area contributed by atoms with Crippen molar-refractivity contribution in [1.82, 2.24) is 20.0 Å². The van der Waals surface area contributed by atoms with Gasteiger partial charge in [0.25, 0.3) is 0 Å². The average molecular weight is 283 g/mol. The molecule has 1 aromatic heterocycles. The summed E-state index contributed by atoms with van der Waals surface area (Å²) in [6.45, 7) is 2.64. The molecule has 0 radical (unpaired) electrons. The summed E-state index contributed by atoms with van der Waals surface area (Å²) >= 11 is 3.99.